The molecule has 1 unspecified atom stereocenters. The van der Waals surface area contributed by atoms with E-state index in [0.717, 1.165) is 0 Å². The standard InChI is InChI=1S/C11H11NO4/c1-12-9(6-16-11(12)15)7-4-2-3-5-8(7)10(13)14/h2-5,9H,6H2,1H3,(H,13,14). The summed E-state index contributed by atoms with van der Waals surface area (Å²) in [7, 11) is 1.60. The van der Waals surface area contributed by atoms with Gasteiger partial charge in [0.2, 0.25) is 0 Å². The van der Waals surface area contributed by atoms with Gasteiger partial charge >= 0.3 is 12.1 Å². The Morgan fingerprint density at radius 1 is 1.50 bits per heavy atom. The number of carboxylic acids is 1. The van der Waals surface area contributed by atoms with Crippen LogP contribution >= 0.6 is 0 Å². The lowest BCUT2D eigenvalue weighted by atomic mass is 10.0. The Hall–Kier alpha value is -2.04. The molecule has 0 spiro atoms. The molecule has 0 bridgehead atoms. The Kier molecular flexibility index (Phi) is 2.52. The molecule has 1 atom stereocenters. The highest BCUT2D eigenvalue weighted by Gasteiger charge is 2.33. The highest BCUT2D eigenvalue weighted by atomic mass is 16.6. The number of hydrogen-bond donors (Lipinski definition) is 1. The van der Waals surface area contributed by atoms with Gasteiger partial charge in [-0.15, -0.1) is 0 Å². The minimum Gasteiger partial charge on any atom is -0.478 e. The number of amides is 1. The summed E-state index contributed by atoms with van der Waals surface area (Å²) in [5, 5.41) is 9.03. The molecule has 1 saturated heterocycles. The van der Waals surface area contributed by atoms with Crippen LogP contribution in [0.4, 0.5) is 4.79 Å². The van der Waals surface area contributed by atoms with Crippen molar-refractivity contribution >= 4 is 12.1 Å². The zero-order valence-electron chi connectivity index (χ0n) is 8.71. The number of aromatic carboxylic acids is 1. The topological polar surface area (TPSA) is 66.8 Å². The van der Waals surface area contributed by atoms with E-state index in [1.165, 1.54) is 11.0 Å². The zero-order chi connectivity index (χ0) is 11.7. The summed E-state index contributed by atoms with van der Waals surface area (Å²) in [5.41, 5.74) is 0.806. The van der Waals surface area contributed by atoms with Crippen LogP contribution in [0.25, 0.3) is 0 Å². The molecular weight excluding hydrogens is 210 g/mol. The van der Waals surface area contributed by atoms with Gasteiger partial charge in [0.25, 0.3) is 0 Å². The smallest absolute Gasteiger partial charge is 0.410 e. The van der Waals surface area contributed by atoms with Crippen LogP contribution in [0, 0.1) is 0 Å². The van der Waals surface area contributed by atoms with E-state index in [0.29, 0.717) is 5.56 Å². The summed E-state index contributed by atoms with van der Waals surface area (Å²) in [6.45, 7) is 0.194. The Bertz CT molecular complexity index is 443. The van der Waals surface area contributed by atoms with Crippen LogP contribution in [0.3, 0.4) is 0 Å². The first-order valence-corrected chi connectivity index (χ1v) is 4.83. The first kappa shape index (κ1) is 10.5. The molecule has 0 aromatic heterocycles. The number of nitrogens with zero attached hydrogens (tertiary/aromatic N) is 1. The minimum absolute atomic E-state index is 0.194. The van der Waals surface area contributed by atoms with Gasteiger partial charge in [-0.05, 0) is 11.6 Å². The first-order valence-electron chi connectivity index (χ1n) is 4.83. The van der Waals surface area contributed by atoms with Crippen molar-refractivity contribution in [3.05, 3.63) is 35.4 Å². The van der Waals surface area contributed by atoms with Crippen LogP contribution in [-0.4, -0.2) is 35.7 Å². The number of hydrogen-bond acceptors (Lipinski definition) is 3. The quantitative estimate of drug-likeness (QED) is 0.821. The lowest BCUT2D eigenvalue weighted by molar-refractivity contribution is 0.0694. The molecule has 1 heterocycles. The van der Waals surface area contributed by atoms with Gasteiger partial charge in [0.1, 0.15) is 6.61 Å². The predicted octanol–water partition coefficient (Wildman–Crippen LogP) is 1.51. The number of carboxylic acid groups (broad SMARTS) is 1. The van der Waals surface area contributed by atoms with Crippen LogP contribution in [0.15, 0.2) is 24.3 Å². The number of carbonyl (C=O) groups excluding carboxylic acids is 1. The number of ether oxygens (including phenoxy) is 1. The fraction of sp³-hybridized carbons (Fsp3) is 0.273. The maximum Gasteiger partial charge on any atom is 0.410 e. The Morgan fingerprint density at radius 3 is 2.75 bits per heavy atom. The fourth-order valence-corrected chi connectivity index (χ4v) is 1.77. The molecule has 2 rings (SSSR count). The predicted molar refractivity (Wildman–Crippen MR) is 55.3 cm³/mol. The van der Waals surface area contributed by atoms with Crippen LogP contribution in [0.1, 0.15) is 22.0 Å². The SMILES string of the molecule is CN1C(=O)OCC1c1ccccc1C(=O)O. The number of carbonyl (C=O) groups is 2. The summed E-state index contributed by atoms with van der Waals surface area (Å²) in [6, 6.07) is 6.31. The van der Waals surface area contributed by atoms with E-state index in [-0.39, 0.29) is 18.2 Å². The van der Waals surface area contributed by atoms with Gasteiger partial charge < -0.3 is 14.7 Å². The fourth-order valence-electron chi connectivity index (χ4n) is 1.77. The largest absolute Gasteiger partial charge is 0.478 e. The minimum atomic E-state index is -0.997. The Morgan fingerprint density at radius 2 is 2.19 bits per heavy atom. The van der Waals surface area contributed by atoms with Crippen LogP contribution in [-0.2, 0) is 4.74 Å². The molecule has 5 heteroatoms. The zero-order valence-corrected chi connectivity index (χ0v) is 8.71. The van der Waals surface area contributed by atoms with Crippen molar-refractivity contribution in [3.63, 3.8) is 0 Å². The molecule has 1 N–H and O–H groups in total. The molecule has 16 heavy (non-hydrogen) atoms. The second-order valence-corrected chi connectivity index (χ2v) is 3.60. The molecule has 0 aliphatic carbocycles. The monoisotopic (exact) mass is 221 g/mol. The second kappa shape index (κ2) is 3.84. The number of cyclic esters (lactones) is 1. The maximum absolute atomic E-state index is 11.2. The van der Waals surface area contributed by atoms with E-state index in [1.807, 2.05) is 0 Å². The van der Waals surface area contributed by atoms with Gasteiger partial charge in [0.05, 0.1) is 11.6 Å². The maximum atomic E-state index is 11.2. The molecule has 84 valence electrons. The van der Waals surface area contributed by atoms with Gasteiger partial charge in [-0.2, -0.15) is 0 Å². The van der Waals surface area contributed by atoms with E-state index in [1.54, 1.807) is 25.2 Å². The van der Waals surface area contributed by atoms with Gasteiger partial charge in [-0.1, -0.05) is 18.2 Å². The van der Waals surface area contributed by atoms with Gasteiger partial charge in [0, 0.05) is 7.05 Å². The van der Waals surface area contributed by atoms with Gasteiger partial charge in [-0.3, -0.25) is 0 Å². The molecule has 1 aliphatic rings. The third-order valence-electron chi connectivity index (χ3n) is 2.67. The number of likely N-dealkylation sites (N-methyl/N-ethyl adjacent to an activating group) is 1. The van der Waals surface area contributed by atoms with E-state index >= 15 is 0 Å². The average molecular weight is 221 g/mol. The third kappa shape index (κ3) is 1.60. The molecule has 5 nitrogen and oxygen atoms in total. The summed E-state index contributed by atoms with van der Waals surface area (Å²) in [5.74, 6) is -0.997. The molecule has 1 amide bonds. The molecule has 1 aromatic rings. The number of benzene rings is 1. The summed E-state index contributed by atoms with van der Waals surface area (Å²) < 4.78 is 4.86. The second-order valence-electron chi connectivity index (χ2n) is 3.60. The molecule has 1 fully saturated rings. The van der Waals surface area contributed by atoms with Crippen molar-refractivity contribution in [2.75, 3.05) is 13.7 Å². The molecule has 0 saturated carbocycles. The first-order chi connectivity index (χ1) is 7.61. The average Bonchev–Trinajstić information content (AvgIpc) is 2.60. The van der Waals surface area contributed by atoms with E-state index in [2.05, 4.69) is 0 Å². The molecule has 1 aliphatic heterocycles. The normalized spacial score (nSPS) is 19.7. The lowest BCUT2D eigenvalue weighted by Crippen LogP contribution is -2.24. The van der Waals surface area contributed by atoms with Crippen molar-refractivity contribution in [3.8, 4) is 0 Å². The third-order valence-corrected chi connectivity index (χ3v) is 2.67. The van der Waals surface area contributed by atoms with Crippen molar-refractivity contribution in [2.24, 2.45) is 0 Å². The molecular formula is C11H11NO4. The van der Waals surface area contributed by atoms with Gasteiger partial charge in [-0.25, -0.2) is 9.59 Å². The summed E-state index contributed by atoms with van der Waals surface area (Å²) >= 11 is 0. The number of rotatable bonds is 2. The Balaban J connectivity index is 2.41. The lowest BCUT2D eigenvalue weighted by Gasteiger charge is -2.17. The summed E-state index contributed by atoms with van der Waals surface area (Å²) in [4.78, 5) is 23.6. The van der Waals surface area contributed by atoms with Crippen molar-refractivity contribution < 1.29 is 19.4 Å². The van der Waals surface area contributed by atoms with Crippen molar-refractivity contribution in [1.29, 1.82) is 0 Å². The van der Waals surface area contributed by atoms with Crippen molar-refractivity contribution in [2.45, 2.75) is 6.04 Å². The molecule has 0 radical (unpaired) electrons. The van der Waals surface area contributed by atoms with Gasteiger partial charge in [0.15, 0.2) is 0 Å². The highest BCUT2D eigenvalue weighted by Crippen LogP contribution is 2.28. The van der Waals surface area contributed by atoms with Crippen LogP contribution in [0.2, 0.25) is 0 Å². The molecule has 1 aromatic carbocycles. The van der Waals surface area contributed by atoms with E-state index < -0.39 is 12.1 Å². The van der Waals surface area contributed by atoms with E-state index in [4.69, 9.17) is 9.84 Å². The summed E-state index contributed by atoms with van der Waals surface area (Å²) in [6.07, 6.45) is -0.426. The van der Waals surface area contributed by atoms with Crippen LogP contribution < -0.4 is 0 Å². The highest BCUT2D eigenvalue weighted by molar-refractivity contribution is 5.90. The van der Waals surface area contributed by atoms with Crippen molar-refractivity contribution in [1.82, 2.24) is 4.90 Å². The Labute approximate surface area is 92.2 Å². The van der Waals surface area contributed by atoms with E-state index in [9.17, 15) is 9.59 Å². The van der Waals surface area contributed by atoms with Crippen LogP contribution in [0.5, 0.6) is 0 Å².